The number of hydrogen-bond acceptors (Lipinski definition) is 2. The standard InChI is InChI=1S/C16H24N2O/c1-12-7-9-13(10-8-12)11-18-16(19)14-5-3-4-6-15(14)17-2/h3-6,12-13,17H,7-11H2,1-2H3,(H,18,19). The van der Waals surface area contributed by atoms with Crippen molar-refractivity contribution in [3.8, 4) is 0 Å². The van der Waals surface area contributed by atoms with Crippen LogP contribution in [0.15, 0.2) is 24.3 Å². The third kappa shape index (κ3) is 3.72. The van der Waals surface area contributed by atoms with Gasteiger partial charge in [-0.05, 0) is 36.8 Å². The molecule has 0 spiro atoms. The minimum Gasteiger partial charge on any atom is -0.387 e. The molecule has 3 nitrogen and oxygen atoms in total. The summed E-state index contributed by atoms with van der Waals surface area (Å²) in [6.45, 7) is 3.13. The van der Waals surface area contributed by atoms with Gasteiger partial charge in [0.15, 0.2) is 0 Å². The van der Waals surface area contributed by atoms with Crippen molar-refractivity contribution in [2.75, 3.05) is 18.9 Å². The molecule has 0 unspecified atom stereocenters. The summed E-state index contributed by atoms with van der Waals surface area (Å²) in [6, 6.07) is 7.63. The van der Waals surface area contributed by atoms with E-state index in [1.807, 2.05) is 31.3 Å². The summed E-state index contributed by atoms with van der Waals surface area (Å²) < 4.78 is 0. The highest BCUT2D eigenvalue weighted by molar-refractivity contribution is 5.99. The molecule has 3 heteroatoms. The van der Waals surface area contributed by atoms with Gasteiger partial charge in [0.1, 0.15) is 0 Å². The minimum atomic E-state index is 0.0311. The fourth-order valence-corrected chi connectivity index (χ4v) is 2.76. The molecule has 104 valence electrons. The van der Waals surface area contributed by atoms with Gasteiger partial charge in [0, 0.05) is 19.3 Å². The van der Waals surface area contributed by atoms with Crippen molar-refractivity contribution in [3.05, 3.63) is 29.8 Å². The van der Waals surface area contributed by atoms with Gasteiger partial charge in [0.2, 0.25) is 0 Å². The average molecular weight is 260 g/mol. The van der Waals surface area contributed by atoms with Crippen LogP contribution in [0.25, 0.3) is 0 Å². The van der Waals surface area contributed by atoms with Crippen LogP contribution in [0.4, 0.5) is 5.69 Å². The summed E-state index contributed by atoms with van der Waals surface area (Å²) in [4.78, 5) is 12.2. The van der Waals surface area contributed by atoms with Crippen LogP contribution in [0.1, 0.15) is 43.0 Å². The number of para-hydroxylation sites is 1. The van der Waals surface area contributed by atoms with E-state index >= 15 is 0 Å². The van der Waals surface area contributed by atoms with Crippen LogP contribution in [-0.2, 0) is 0 Å². The fourth-order valence-electron chi connectivity index (χ4n) is 2.76. The summed E-state index contributed by atoms with van der Waals surface area (Å²) in [7, 11) is 1.84. The second-order valence-electron chi connectivity index (χ2n) is 5.63. The van der Waals surface area contributed by atoms with Crippen molar-refractivity contribution in [1.82, 2.24) is 5.32 Å². The second-order valence-corrected chi connectivity index (χ2v) is 5.63. The minimum absolute atomic E-state index is 0.0311. The number of carbonyl (C=O) groups is 1. The van der Waals surface area contributed by atoms with E-state index in [0.29, 0.717) is 5.92 Å². The van der Waals surface area contributed by atoms with Gasteiger partial charge in [-0.2, -0.15) is 0 Å². The third-order valence-corrected chi connectivity index (χ3v) is 4.13. The molecule has 2 N–H and O–H groups in total. The van der Waals surface area contributed by atoms with E-state index in [0.717, 1.165) is 23.7 Å². The van der Waals surface area contributed by atoms with Crippen LogP contribution in [0.5, 0.6) is 0 Å². The monoisotopic (exact) mass is 260 g/mol. The highest BCUT2D eigenvalue weighted by Gasteiger charge is 2.19. The lowest BCUT2D eigenvalue weighted by Gasteiger charge is -2.26. The molecule has 2 rings (SSSR count). The van der Waals surface area contributed by atoms with Gasteiger partial charge in [-0.25, -0.2) is 0 Å². The van der Waals surface area contributed by atoms with E-state index in [1.54, 1.807) is 0 Å². The Balaban J connectivity index is 1.87. The Morgan fingerprint density at radius 3 is 2.58 bits per heavy atom. The van der Waals surface area contributed by atoms with Crippen molar-refractivity contribution >= 4 is 11.6 Å². The Morgan fingerprint density at radius 1 is 1.21 bits per heavy atom. The molecule has 0 aliphatic heterocycles. The van der Waals surface area contributed by atoms with Crippen LogP contribution in [-0.4, -0.2) is 19.5 Å². The van der Waals surface area contributed by atoms with E-state index in [2.05, 4.69) is 17.6 Å². The van der Waals surface area contributed by atoms with Gasteiger partial charge in [-0.3, -0.25) is 4.79 Å². The summed E-state index contributed by atoms with van der Waals surface area (Å²) in [6.07, 6.45) is 5.09. The van der Waals surface area contributed by atoms with Gasteiger partial charge < -0.3 is 10.6 Å². The average Bonchev–Trinajstić information content (AvgIpc) is 2.46. The van der Waals surface area contributed by atoms with E-state index in [9.17, 15) is 4.79 Å². The molecule has 0 saturated heterocycles. The largest absolute Gasteiger partial charge is 0.387 e. The van der Waals surface area contributed by atoms with E-state index in [1.165, 1.54) is 25.7 Å². The highest BCUT2D eigenvalue weighted by atomic mass is 16.1. The maximum atomic E-state index is 12.2. The predicted molar refractivity (Wildman–Crippen MR) is 79.4 cm³/mol. The Kier molecular flexibility index (Phi) is 4.83. The second kappa shape index (κ2) is 6.60. The molecular formula is C16H24N2O. The van der Waals surface area contributed by atoms with E-state index in [-0.39, 0.29) is 5.91 Å². The van der Waals surface area contributed by atoms with Crippen molar-refractivity contribution in [3.63, 3.8) is 0 Å². The maximum absolute atomic E-state index is 12.2. The van der Waals surface area contributed by atoms with Gasteiger partial charge >= 0.3 is 0 Å². The number of amides is 1. The topological polar surface area (TPSA) is 41.1 Å². The summed E-state index contributed by atoms with van der Waals surface area (Å²) in [5.41, 5.74) is 1.62. The number of benzene rings is 1. The Morgan fingerprint density at radius 2 is 1.89 bits per heavy atom. The van der Waals surface area contributed by atoms with Crippen LogP contribution >= 0.6 is 0 Å². The van der Waals surface area contributed by atoms with Crippen molar-refractivity contribution in [1.29, 1.82) is 0 Å². The van der Waals surface area contributed by atoms with Crippen LogP contribution < -0.4 is 10.6 Å². The molecule has 1 aromatic rings. The molecule has 0 bridgehead atoms. The lowest BCUT2D eigenvalue weighted by molar-refractivity contribution is 0.0942. The first-order valence-electron chi connectivity index (χ1n) is 7.25. The molecule has 1 aromatic carbocycles. The zero-order chi connectivity index (χ0) is 13.7. The molecule has 0 heterocycles. The first kappa shape index (κ1) is 13.9. The van der Waals surface area contributed by atoms with Gasteiger partial charge in [-0.15, -0.1) is 0 Å². The van der Waals surface area contributed by atoms with Crippen LogP contribution in [0.3, 0.4) is 0 Å². The van der Waals surface area contributed by atoms with Crippen LogP contribution in [0.2, 0.25) is 0 Å². The molecule has 1 saturated carbocycles. The summed E-state index contributed by atoms with van der Waals surface area (Å²) in [5, 5.41) is 6.14. The smallest absolute Gasteiger partial charge is 0.253 e. The number of nitrogens with one attached hydrogen (secondary N) is 2. The van der Waals surface area contributed by atoms with Crippen molar-refractivity contribution in [2.45, 2.75) is 32.6 Å². The van der Waals surface area contributed by atoms with Crippen molar-refractivity contribution < 1.29 is 4.79 Å². The first-order chi connectivity index (χ1) is 9.20. The first-order valence-corrected chi connectivity index (χ1v) is 7.25. The third-order valence-electron chi connectivity index (χ3n) is 4.13. The highest BCUT2D eigenvalue weighted by Crippen LogP contribution is 2.27. The maximum Gasteiger partial charge on any atom is 0.253 e. The molecule has 1 aliphatic rings. The number of anilines is 1. The zero-order valence-electron chi connectivity index (χ0n) is 11.9. The Bertz CT molecular complexity index is 423. The molecular weight excluding hydrogens is 236 g/mol. The SMILES string of the molecule is CNc1ccccc1C(=O)NCC1CCC(C)CC1. The van der Waals surface area contributed by atoms with Gasteiger partial charge in [0.25, 0.3) is 5.91 Å². The Hall–Kier alpha value is -1.51. The predicted octanol–water partition coefficient (Wildman–Crippen LogP) is 3.28. The van der Waals surface area contributed by atoms with Crippen LogP contribution in [0, 0.1) is 11.8 Å². The molecule has 1 aliphatic carbocycles. The number of hydrogen-bond donors (Lipinski definition) is 2. The Labute approximate surface area is 115 Å². The molecule has 1 amide bonds. The zero-order valence-corrected chi connectivity index (χ0v) is 11.9. The van der Waals surface area contributed by atoms with E-state index in [4.69, 9.17) is 0 Å². The normalized spacial score (nSPS) is 22.8. The quantitative estimate of drug-likeness (QED) is 0.872. The molecule has 0 atom stereocenters. The van der Waals surface area contributed by atoms with Gasteiger partial charge in [-0.1, -0.05) is 31.9 Å². The fraction of sp³-hybridized carbons (Fsp3) is 0.562. The molecule has 1 fully saturated rings. The molecule has 0 aromatic heterocycles. The van der Waals surface area contributed by atoms with E-state index < -0.39 is 0 Å². The lowest BCUT2D eigenvalue weighted by atomic mass is 9.83. The summed E-state index contributed by atoms with van der Waals surface area (Å²) >= 11 is 0. The van der Waals surface area contributed by atoms with Crippen molar-refractivity contribution in [2.24, 2.45) is 11.8 Å². The number of carbonyl (C=O) groups excluding carboxylic acids is 1. The molecule has 0 radical (unpaired) electrons. The number of rotatable bonds is 4. The lowest BCUT2D eigenvalue weighted by Crippen LogP contribution is -2.31. The summed E-state index contributed by atoms with van der Waals surface area (Å²) in [5.74, 6) is 1.54. The molecule has 19 heavy (non-hydrogen) atoms. The van der Waals surface area contributed by atoms with Gasteiger partial charge in [0.05, 0.1) is 5.56 Å².